The molecule has 0 aromatic carbocycles. The van der Waals surface area contributed by atoms with Crippen molar-refractivity contribution in [3.05, 3.63) is 0 Å². The van der Waals surface area contributed by atoms with Crippen molar-refractivity contribution in [2.75, 3.05) is 12.0 Å². The van der Waals surface area contributed by atoms with Gasteiger partial charge in [0.1, 0.15) is 6.04 Å². The fourth-order valence-electron chi connectivity index (χ4n) is 0.382. The van der Waals surface area contributed by atoms with Crippen molar-refractivity contribution >= 4 is 27.6 Å². The molecule has 0 aromatic rings. The van der Waals surface area contributed by atoms with Crippen LogP contribution in [-0.4, -0.2) is 29.1 Å². The number of hydrogen-bond donors (Lipinski definition) is 2. The summed E-state index contributed by atoms with van der Waals surface area (Å²) in [6, 6.07) is -0.695. The van der Waals surface area contributed by atoms with E-state index in [9.17, 15) is 4.79 Å². The standard InChI is InChI=1S/C5H11NO2S2/c1-9-10-3-2-4(6)5(7)8/h4H,2-3,6H2,1H3,(H,7,8)/t4-/m1/s1. The monoisotopic (exact) mass is 181 g/mol. The van der Waals surface area contributed by atoms with Gasteiger partial charge in [0, 0.05) is 5.75 Å². The van der Waals surface area contributed by atoms with Crippen LogP contribution >= 0.6 is 21.6 Å². The second kappa shape index (κ2) is 5.88. The van der Waals surface area contributed by atoms with Gasteiger partial charge in [-0.2, -0.15) is 0 Å². The summed E-state index contributed by atoms with van der Waals surface area (Å²) in [7, 11) is 3.25. The summed E-state index contributed by atoms with van der Waals surface area (Å²) in [5.41, 5.74) is 5.24. The van der Waals surface area contributed by atoms with Crippen molar-refractivity contribution in [2.24, 2.45) is 5.73 Å². The minimum absolute atomic E-state index is 0.542. The van der Waals surface area contributed by atoms with E-state index < -0.39 is 12.0 Å². The number of aliphatic carboxylic acids is 1. The highest BCUT2D eigenvalue weighted by Gasteiger charge is 2.09. The molecule has 0 aromatic heterocycles. The zero-order valence-corrected chi connectivity index (χ0v) is 7.37. The van der Waals surface area contributed by atoms with Crippen LogP contribution in [0, 0.1) is 0 Å². The van der Waals surface area contributed by atoms with Gasteiger partial charge in [0.05, 0.1) is 0 Å². The normalized spacial score (nSPS) is 13.0. The largest absolute Gasteiger partial charge is 0.480 e. The molecular formula is C5H11NO2S2. The zero-order valence-electron chi connectivity index (χ0n) is 5.74. The number of carboxylic acid groups (broad SMARTS) is 1. The molecule has 60 valence electrons. The first kappa shape index (κ1) is 10.1. The Balaban J connectivity index is 3.21. The molecule has 0 rings (SSSR count). The highest BCUT2D eigenvalue weighted by atomic mass is 33.1. The van der Waals surface area contributed by atoms with E-state index in [0.717, 1.165) is 5.75 Å². The van der Waals surface area contributed by atoms with Crippen molar-refractivity contribution in [2.45, 2.75) is 12.5 Å². The van der Waals surface area contributed by atoms with Crippen molar-refractivity contribution < 1.29 is 9.90 Å². The van der Waals surface area contributed by atoms with Crippen molar-refractivity contribution in [3.63, 3.8) is 0 Å². The fourth-order valence-corrected chi connectivity index (χ4v) is 1.69. The lowest BCUT2D eigenvalue weighted by molar-refractivity contribution is -0.138. The summed E-state index contributed by atoms with van der Waals surface area (Å²) in [4.78, 5) is 10.2. The van der Waals surface area contributed by atoms with Crippen molar-refractivity contribution in [1.82, 2.24) is 0 Å². The molecule has 0 aliphatic carbocycles. The average Bonchev–Trinajstić information content (AvgIpc) is 1.88. The summed E-state index contributed by atoms with van der Waals surface area (Å²) in [5, 5.41) is 8.34. The molecule has 0 saturated heterocycles. The molecule has 10 heavy (non-hydrogen) atoms. The number of carbonyl (C=O) groups is 1. The van der Waals surface area contributed by atoms with Crippen LogP contribution in [0.4, 0.5) is 0 Å². The quantitative estimate of drug-likeness (QED) is 0.485. The molecule has 0 aliphatic rings. The Morgan fingerprint density at radius 2 is 2.40 bits per heavy atom. The topological polar surface area (TPSA) is 63.3 Å². The van der Waals surface area contributed by atoms with Gasteiger partial charge in [0.2, 0.25) is 0 Å². The molecule has 0 amide bonds. The first-order valence-corrected chi connectivity index (χ1v) is 5.55. The second-order valence-corrected chi connectivity index (χ2v) is 4.41. The number of nitrogens with two attached hydrogens (primary N) is 1. The third-order valence-electron chi connectivity index (χ3n) is 0.947. The van der Waals surface area contributed by atoms with Crippen LogP contribution in [0.5, 0.6) is 0 Å². The lowest BCUT2D eigenvalue weighted by Crippen LogP contribution is -2.30. The van der Waals surface area contributed by atoms with E-state index in [1.165, 1.54) is 0 Å². The lowest BCUT2D eigenvalue weighted by Gasteiger charge is -2.03. The van der Waals surface area contributed by atoms with Gasteiger partial charge >= 0.3 is 5.97 Å². The minimum atomic E-state index is -0.915. The average molecular weight is 181 g/mol. The van der Waals surface area contributed by atoms with Crippen molar-refractivity contribution in [3.8, 4) is 0 Å². The molecule has 0 heterocycles. The summed E-state index contributed by atoms with van der Waals surface area (Å²) in [6.07, 6.45) is 2.50. The van der Waals surface area contributed by atoms with Gasteiger partial charge in [-0.25, -0.2) is 0 Å². The Bertz CT molecular complexity index is 110. The Morgan fingerprint density at radius 1 is 1.80 bits per heavy atom. The first-order chi connectivity index (χ1) is 4.68. The molecule has 0 aliphatic heterocycles. The Hall–Kier alpha value is 0.130. The van der Waals surface area contributed by atoms with Crippen LogP contribution in [0.25, 0.3) is 0 Å². The highest BCUT2D eigenvalue weighted by molar-refractivity contribution is 8.76. The third-order valence-corrected chi connectivity index (χ3v) is 2.79. The van der Waals surface area contributed by atoms with Gasteiger partial charge < -0.3 is 10.8 Å². The molecule has 0 radical (unpaired) electrons. The third kappa shape index (κ3) is 4.96. The lowest BCUT2D eigenvalue weighted by atomic mass is 10.2. The van der Waals surface area contributed by atoms with Crippen LogP contribution < -0.4 is 5.73 Å². The maximum atomic E-state index is 10.2. The molecular weight excluding hydrogens is 170 g/mol. The van der Waals surface area contributed by atoms with Gasteiger partial charge in [0.25, 0.3) is 0 Å². The smallest absolute Gasteiger partial charge is 0.320 e. The van der Waals surface area contributed by atoms with E-state index in [1.54, 1.807) is 21.6 Å². The van der Waals surface area contributed by atoms with Crippen LogP contribution in [-0.2, 0) is 4.79 Å². The highest BCUT2D eigenvalue weighted by Crippen LogP contribution is 2.17. The van der Waals surface area contributed by atoms with Crippen LogP contribution in [0.15, 0.2) is 0 Å². The van der Waals surface area contributed by atoms with Crippen LogP contribution in [0.2, 0.25) is 0 Å². The first-order valence-electron chi connectivity index (χ1n) is 2.82. The molecule has 1 atom stereocenters. The molecule has 0 fully saturated rings. The number of hydrogen-bond acceptors (Lipinski definition) is 4. The van der Waals surface area contributed by atoms with E-state index in [4.69, 9.17) is 10.8 Å². The van der Waals surface area contributed by atoms with E-state index in [0.29, 0.717) is 6.42 Å². The maximum absolute atomic E-state index is 10.2. The predicted octanol–water partition coefficient (Wildman–Crippen LogP) is 0.800. The van der Waals surface area contributed by atoms with Gasteiger partial charge in [0.15, 0.2) is 0 Å². The minimum Gasteiger partial charge on any atom is -0.480 e. The molecule has 0 saturated carbocycles. The molecule has 0 bridgehead atoms. The maximum Gasteiger partial charge on any atom is 0.320 e. The van der Waals surface area contributed by atoms with E-state index in [2.05, 4.69) is 0 Å². The molecule has 3 N–H and O–H groups in total. The van der Waals surface area contributed by atoms with Crippen LogP contribution in [0.1, 0.15) is 6.42 Å². The van der Waals surface area contributed by atoms with Gasteiger partial charge in [-0.05, 0) is 12.7 Å². The van der Waals surface area contributed by atoms with E-state index >= 15 is 0 Å². The number of carboxylic acids is 1. The van der Waals surface area contributed by atoms with Crippen LogP contribution in [0.3, 0.4) is 0 Å². The Kier molecular flexibility index (Phi) is 5.96. The molecule has 3 nitrogen and oxygen atoms in total. The summed E-state index contributed by atoms with van der Waals surface area (Å²) >= 11 is 0. The van der Waals surface area contributed by atoms with E-state index in [1.807, 2.05) is 6.26 Å². The van der Waals surface area contributed by atoms with Gasteiger partial charge in [-0.3, -0.25) is 4.79 Å². The molecule has 0 unspecified atom stereocenters. The Morgan fingerprint density at radius 3 is 2.80 bits per heavy atom. The van der Waals surface area contributed by atoms with Crippen molar-refractivity contribution in [1.29, 1.82) is 0 Å². The SMILES string of the molecule is CSSCC[C@@H](N)C(=O)O. The summed E-state index contributed by atoms with van der Waals surface area (Å²) in [5.74, 6) is -0.115. The van der Waals surface area contributed by atoms with E-state index in [-0.39, 0.29) is 0 Å². The van der Waals surface area contributed by atoms with Gasteiger partial charge in [-0.1, -0.05) is 21.6 Å². The molecule has 0 spiro atoms. The summed E-state index contributed by atoms with van der Waals surface area (Å²) < 4.78 is 0. The zero-order chi connectivity index (χ0) is 7.98. The molecule has 5 heteroatoms. The second-order valence-electron chi connectivity index (χ2n) is 1.72. The van der Waals surface area contributed by atoms with Gasteiger partial charge in [-0.15, -0.1) is 0 Å². The number of rotatable bonds is 5. The predicted molar refractivity (Wildman–Crippen MR) is 46.2 cm³/mol. The summed E-state index contributed by atoms with van der Waals surface area (Å²) in [6.45, 7) is 0. The Labute approximate surface area is 68.1 Å². The fraction of sp³-hybridized carbons (Fsp3) is 0.800.